The lowest BCUT2D eigenvalue weighted by Crippen LogP contribution is -2.29. The summed E-state index contributed by atoms with van der Waals surface area (Å²) in [6, 6.07) is 14.4. The molecule has 0 aliphatic rings. The van der Waals surface area contributed by atoms with Crippen LogP contribution in [-0.2, 0) is 17.9 Å². The van der Waals surface area contributed by atoms with Crippen LogP contribution in [0.15, 0.2) is 47.8 Å². The summed E-state index contributed by atoms with van der Waals surface area (Å²) < 4.78 is 0. The smallest absolute Gasteiger partial charge is 0.223 e. The molecule has 1 heterocycles. The molecule has 0 spiro atoms. The average Bonchev–Trinajstić information content (AvgIpc) is 3.01. The molecule has 1 aromatic carbocycles. The Morgan fingerprint density at radius 2 is 1.86 bits per heavy atom. The molecular weight excluding hydrogens is 278 g/mol. The minimum atomic E-state index is 0.265. The van der Waals surface area contributed by atoms with Crippen LogP contribution < -0.4 is 0 Å². The van der Waals surface area contributed by atoms with Crippen molar-refractivity contribution >= 4 is 17.2 Å². The number of benzene rings is 1. The predicted octanol–water partition coefficient (Wildman–Crippen LogP) is 4.86. The summed E-state index contributed by atoms with van der Waals surface area (Å²) in [5.74, 6) is 0.265. The van der Waals surface area contributed by atoms with Gasteiger partial charge >= 0.3 is 0 Å². The van der Waals surface area contributed by atoms with Gasteiger partial charge in [0.2, 0.25) is 5.91 Å². The van der Waals surface area contributed by atoms with Crippen LogP contribution >= 0.6 is 11.3 Å². The highest BCUT2D eigenvalue weighted by Gasteiger charge is 2.14. The second-order valence-corrected chi connectivity index (χ2v) is 6.30. The van der Waals surface area contributed by atoms with E-state index in [9.17, 15) is 4.79 Å². The van der Waals surface area contributed by atoms with Gasteiger partial charge in [-0.1, -0.05) is 56.2 Å². The lowest BCUT2D eigenvalue weighted by molar-refractivity contribution is -0.132. The number of unbranched alkanes of at least 4 members (excludes halogenated alkanes) is 2. The molecule has 112 valence electrons. The normalized spacial score (nSPS) is 10.5. The van der Waals surface area contributed by atoms with Gasteiger partial charge in [0.25, 0.3) is 0 Å². The van der Waals surface area contributed by atoms with Gasteiger partial charge in [-0.25, -0.2) is 0 Å². The van der Waals surface area contributed by atoms with Crippen LogP contribution in [0.5, 0.6) is 0 Å². The average molecular weight is 301 g/mol. The number of amides is 1. The van der Waals surface area contributed by atoms with Crippen molar-refractivity contribution < 1.29 is 4.79 Å². The molecule has 0 radical (unpaired) electrons. The van der Waals surface area contributed by atoms with Gasteiger partial charge in [-0.15, -0.1) is 11.3 Å². The van der Waals surface area contributed by atoms with E-state index in [4.69, 9.17) is 0 Å². The second-order valence-electron chi connectivity index (χ2n) is 5.27. The zero-order chi connectivity index (χ0) is 14.9. The number of hydrogen-bond donors (Lipinski definition) is 0. The third-order valence-electron chi connectivity index (χ3n) is 3.49. The van der Waals surface area contributed by atoms with E-state index in [1.165, 1.54) is 10.4 Å². The highest BCUT2D eigenvalue weighted by Crippen LogP contribution is 2.16. The standard InChI is InChI=1S/C18H23NOS/c1-2-3-5-12-18(20)19(15-17-11-8-13-21-17)14-16-9-6-4-7-10-16/h4,6-11,13H,2-3,5,12,14-15H2,1H3. The minimum absolute atomic E-state index is 0.265. The van der Waals surface area contributed by atoms with Crippen LogP contribution in [0.1, 0.15) is 43.0 Å². The molecule has 0 atom stereocenters. The fraction of sp³-hybridized carbons (Fsp3) is 0.389. The molecule has 21 heavy (non-hydrogen) atoms. The largest absolute Gasteiger partial charge is 0.333 e. The molecule has 1 amide bonds. The van der Waals surface area contributed by atoms with Crippen LogP contribution in [0.4, 0.5) is 0 Å². The van der Waals surface area contributed by atoms with Crippen molar-refractivity contribution in [2.75, 3.05) is 0 Å². The van der Waals surface area contributed by atoms with Crippen LogP contribution in [0.25, 0.3) is 0 Å². The number of carbonyl (C=O) groups is 1. The van der Waals surface area contributed by atoms with Crippen LogP contribution in [-0.4, -0.2) is 10.8 Å². The Morgan fingerprint density at radius 1 is 1.05 bits per heavy atom. The van der Waals surface area contributed by atoms with Crippen molar-refractivity contribution in [1.82, 2.24) is 4.90 Å². The maximum Gasteiger partial charge on any atom is 0.223 e. The first-order valence-corrected chi connectivity index (χ1v) is 8.51. The van der Waals surface area contributed by atoms with E-state index in [0.717, 1.165) is 25.8 Å². The molecule has 2 rings (SSSR count). The van der Waals surface area contributed by atoms with E-state index in [0.29, 0.717) is 13.0 Å². The topological polar surface area (TPSA) is 20.3 Å². The van der Waals surface area contributed by atoms with Crippen molar-refractivity contribution in [3.05, 3.63) is 58.3 Å². The van der Waals surface area contributed by atoms with Crippen molar-refractivity contribution in [3.8, 4) is 0 Å². The summed E-state index contributed by atoms with van der Waals surface area (Å²) in [7, 11) is 0. The molecular formula is C18H23NOS. The summed E-state index contributed by atoms with van der Waals surface area (Å²) in [4.78, 5) is 15.7. The Morgan fingerprint density at radius 3 is 2.52 bits per heavy atom. The number of hydrogen-bond acceptors (Lipinski definition) is 2. The van der Waals surface area contributed by atoms with Gasteiger partial charge < -0.3 is 4.90 Å². The first-order chi connectivity index (χ1) is 10.3. The lowest BCUT2D eigenvalue weighted by Gasteiger charge is -2.22. The zero-order valence-corrected chi connectivity index (χ0v) is 13.4. The van der Waals surface area contributed by atoms with E-state index in [1.807, 2.05) is 29.2 Å². The lowest BCUT2D eigenvalue weighted by atomic mass is 10.1. The number of carbonyl (C=O) groups excluding carboxylic acids is 1. The number of rotatable bonds is 8. The highest BCUT2D eigenvalue weighted by atomic mass is 32.1. The van der Waals surface area contributed by atoms with E-state index >= 15 is 0 Å². The fourth-order valence-electron chi connectivity index (χ4n) is 2.31. The molecule has 0 N–H and O–H groups in total. The number of nitrogens with zero attached hydrogens (tertiary/aromatic N) is 1. The van der Waals surface area contributed by atoms with Crippen LogP contribution in [0.3, 0.4) is 0 Å². The number of thiophene rings is 1. The predicted molar refractivity (Wildman–Crippen MR) is 89.2 cm³/mol. The Bertz CT molecular complexity index is 521. The van der Waals surface area contributed by atoms with Gasteiger partial charge in [-0.2, -0.15) is 0 Å². The van der Waals surface area contributed by atoms with Gasteiger partial charge in [-0.3, -0.25) is 4.79 Å². The van der Waals surface area contributed by atoms with Crippen LogP contribution in [0.2, 0.25) is 0 Å². The fourth-order valence-corrected chi connectivity index (χ4v) is 3.03. The van der Waals surface area contributed by atoms with Gasteiger partial charge in [0, 0.05) is 17.8 Å². The maximum atomic E-state index is 12.5. The first-order valence-electron chi connectivity index (χ1n) is 7.63. The van der Waals surface area contributed by atoms with Crippen molar-refractivity contribution in [2.24, 2.45) is 0 Å². The Balaban J connectivity index is 2.00. The molecule has 0 saturated carbocycles. The minimum Gasteiger partial charge on any atom is -0.333 e. The first kappa shape index (κ1) is 15.8. The van der Waals surface area contributed by atoms with Gasteiger partial charge in [0.1, 0.15) is 0 Å². The highest BCUT2D eigenvalue weighted by molar-refractivity contribution is 7.09. The Hall–Kier alpha value is -1.61. The van der Waals surface area contributed by atoms with Crippen molar-refractivity contribution in [3.63, 3.8) is 0 Å². The summed E-state index contributed by atoms with van der Waals surface area (Å²) in [6.45, 7) is 3.58. The Labute approximate surface area is 131 Å². The molecule has 0 fully saturated rings. The van der Waals surface area contributed by atoms with E-state index in [-0.39, 0.29) is 5.91 Å². The third kappa shape index (κ3) is 5.35. The molecule has 0 bridgehead atoms. The van der Waals surface area contributed by atoms with E-state index in [2.05, 4.69) is 30.5 Å². The molecule has 1 aromatic heterocycles. The van der Waals surface area contributed by atoms with Crippen molar-refractivity contribution in [1.29, 1.82) is 0 Å². The molecule has 0 unspecified atom stereocenters. The summed E-state index contributed by atoms with van der Waals surface area (Å²) in [5.41, 5.74) is 1.19. The molecule has 0 saturated heterocycles. The van der Waals surface area contributed by atoms with Crippen LogP contribution in [0, 0.1) is 0 Å². The maximum absolute atomic E-state index is 12.5. The molecule has 2 aromatic rings. The molecule has 0 aliphatic carbocycles. The summed E-state index contributed by atoms with van der Waals surface area (Å²) in [6.07, 6.45) is 3.93. The third-order valence-corrected chi connectivity index (χ3v) is 4.35. The molecule has 2 nitrogen and oxygen atoms in total. The molecule has 3 heteroatoms. The summed E-state index contributed by atoms with van der Waals surface area (Å²) in [5, 5.41) is 2.07. The monoisotopic (exact) mass is 301 g/mol. The van der Waals surface area contributed by atoms with Gasteiger partial charge in [-0.05, 0) is 23.4 Å². The van der Waals surface area contributed by atoms with Crippen molar-refractivity contribution in [2.45, 2.75) is 45.7 Å². The van der Waals surface area contributed by atoms with Gasteiger partial charge in [0.15, 0.2) is 0 Å². The molecule has 0 aliphatic heterocycles. The van der Waals surface area contributed by atoms with E-state index < -0.39 is 0 Å². The van der Waals surface area contributed by atoms with Gasteiger partial charge in [0.05, 0.1) is 6.54 Å². The Kier molecular flexibility index (Phi) is 6.48. The summed E-state index contributed by atoms with van der Waals surface area (Å²) >= 11 is 1.71. The zero-order valence-electron chi connectivity index (χ0n) is 12.6. The van der Waals surface area contributed by atoms with E-state index in [1.54, 1.807) is 11.3 Å². The SMILES string of the molecule is CCCCCC(=O)N(Cc1ccccc1)Cc1cccs1. The second kappa shape index (κ2) is 8.63. The quantitative estimate of drug-likeness (QED) is 0.638.